The summed E-state index contributed by atoms with van der Waals surface area (Å²) < 4.78 is 39.7. The highest BCUT2D eigenvalue weighted by molar-refractivity contribution is 7.89. The van der Waals surface area contributed by atoms with Crippen molar-refractivity contribution in [1.82, 2.24) is 4.83 Å². The number of sulfonamides is 1. The van der Waals surface area contributed by atoms with Crippen molar-refractivity contribution >= 4 is 21.9 Å². The molecule has 0 fully saturated rings. The topological polar surface area (TPSA) is 129 Å². The fourth-order valence-electron chi connectivity index (χ4n) is 2.14. The lowest BCUT2D eigenvalue weighted by atomic mass is 10.2. The molecule has 11 heteroatoms. The van der Waals surface area contributed by atoms with Gasteiger partial charge in [-0.2, -0.15) is 13.5 Å². The predicted octanol–water partition coefficient (Wildman–Crippen LogP) is 1.93. The highest BCUT2D eigenvalue weighted by Gasteiger charge is 2.17. The Hall–Kier alpha value is -3.34. The van der Waals surface area contributed by atoms with Crippen molar-refractivity contribution in [2.45, 2.75) is 4.90 Å². The van der Waals surface area contributed by atoms with Gasteiger partial charge in [-0.1, -0.05) is 0 Å². The molecule has 10 nitrogen and oxygen atoms in total. The van der Waals surface area contributed by atoms with Crippen LogP contribution < -0.4 is 19.0 Å². The Morgan fingerprint density at radius 3 is 2.22 bits per heavy atom. The summed E-state index contributed by atoms with van der Waals surface area (Å²) in [4.78, 5) is 12.4. The number of ether oxygens (including phenoxy) is 3. The maximum atomic E-state index is 12.3. The number of hydrazone groups is 1. The van der Waals surface area contributed by atoms with E-state index >= 15 is 0 Å². The largest absolute Gasteiger partial charge is 0.493 e. The molecule has 1 N–H and O–H groups in total. The SMILES string of the molecule is COc1ccc(S(=O)(=O)N/N=C/c2ccc(OC)c([N+](=O)[O-])c2)cc1OC. The molecule has 0 radical (unpaired) electrons. The van der Waals surface area contributed by atoms with Gasteiger partial charge < -0.3 is 14.2 Å². The van der Waals surface area contributed by atoms with Crippen LogP contribution in [0.5, 0.6) is 17.2 Å². The minimum atomic E-state index is -3.97. The van der Waals surface area contributed by atoms with Crippen molar-refractivity contribution in [1.29, 1.82) is 0 Å². The zero-order valence-corrected chi connectivity index (χ0v) is 15.5. The first-order valence-electron chi connectivity index (χ1n) is 7.41. The second-order valence-electron chi connectivity index (χ2n) is 5.06. The average molecular weight is 395 g/mol. The third-order valence-electron chi connectivity index (χ3n) is 3.45. The van der Waals surface area contributed by atoms with Crippen LogP contribution in [0, 0.1) is 10.1 Å². The van der Waals surface area contributed by atoms with Crippen LogP contribution in [0.1, 0.15) is 5.56 Å². The zero-order valence-electron chi connectivity index (χ0n) is 14.7. The van der Waals surface area contributed by atoms with Crippen LogP contribution in [0.15, 0.2) is 46.4 Å². The van der Waals surface area contributed by atoms with Crippen LogP contribution in [0.25, 0.3) is 0 Å². The van der Waals surface area contributed by atoms with E-state index in [9.17, 15) is 18.5 Å². The van der Waals surface area contributed by atoms with Gasteiger partial charge in [0.1, 0.15) is 0 Å². The fraction of sp³-hybridized carbons (Fsp3) is 0.188. The van der Waals surface area contributed by atoms with Gasteiger partial charge in [0.15, 0.2) is 17.2 Å². The van der Waals surface area contributed by atoms with Crippen LogP contribution >= 0.6 is 0 Å². The summed E-state index contributed by atoms with van der Waals surface area (Å²) in [6.45, 7) is 0. The van der Waals surface area contributed by atoms with E-state index in [1.165, 1.54) is 57.7 Å². The quantitative estimate of drug-likeness (QED) is 0.411. The number of nitrogens with one attached hydrogen (secondary N) is 1. The van der Waals surface area contributed by atoms with Gasteiger partial charge in [-0.3, -0.25) is 10.1 Å². The van der Waals surface area contributed by atoms with E-state index in [0.29, 0.717) is 11.3 Å². The van der Waals surface area contributed by atoms with Crippen LogP contribution in [0.4, 0.5) is 5.69 Å². The molecule has 144 valence electrons. The van der Waals surface area contributed by atoms with Crippen LogP contribution in [0.2, 0.25) is 0 Å². The summed E-state index contributed by atoms with van der Waals surface area (Å²) in [7, 11) is 0.162. The van der Waals surface area contributed by atoms with Gasteiger partial charge in [-0.15, -0.1) is 0 Å². The fourth-order valence-corrected chi connectivity index (χ4v) is 2.94. The van der Waals surface area contributed by atoms with Gasteiger partial charge in [-0.05, 0) is 24.3 Å². The van der Waals surface area contributed by atoms with Gasteiger partial charge in [0.25, 0.3) is 10.0 Å². The Morgan fingerprint density at radius 1 is 1.00 bits per heavy atom. The molecule has 0 saturated carbocycles. The minimum Gasteiger partial charge on any atom is -0.493 e. The molecule has 0 aliphatic carbocycles. The van der Waals surface area contributed by atoms with E-state index in [4.69, 9.17) is 14.2 Å². The molecule has 0 aromatic heterocycles. The highest BCUT2D eigenvalue weighted by Crippen LogP contribution is 2.29. The molecule has 0 amide bonds. The smallest absolute Gasteiger partial charge is 0.311 e. The zero-order chi connectivity index (χ0) is 20.0. The van der Waals surface area contributed by atoms with Crippen molar-refractivity contribution in [3.63, 3.8) is 0 Å². The summed E-state index contributed by atoms with van der Waals surface area (Å²) >= 11 is 0. The van der Waals surface area contributed by atoms with E-state index in [1.54, 1.807) is 0 Å². The summed E-state index contributed by atoms with van der Waals surface area (Å²) in [6.07, 6.45) is 1.14. The summed E-state index contributed by atoms with van der Waals surface area (Å²) in [6, 6.07) is 8.17. The number of benzene rings is 2. The number of methoxy groups -OCH3 is 3. The molecule has 0 spiro atoms. The molecule has 0 aliphatic rings. The van der Waals surface area contributed by atoms with E-state index in [2.05, 4.69) is 5.10 Å². The maximum absolute atomic E-state index is 12.3. The molecule has 0 aliphatic heterocycles. The van der Waals surface area contributed by atoms with Gasteiger partial charge >= 0.3 is 5.69 Å². The molecule has 0 saturated heterocycles. The van der Waals surface area contributed by atoms with E-state index in [1.807, 2.05) is 4.83 Å². The molecular weight excluding hydrogens is 378 g/mol. The maximum Gasteiger partial charge on any atom is 0.311 e. The second-order valence-corrected chi connectivity index (χ2v) is 6.72. The van der Waals surface area contributed by atoms with Crippen molar-refractivity contribution in [2.75, 3.05) is 21.3 Å². The molecule has 0 unspecified atom stereocenters. The predicted molar refractivity (Wildman–Crippen MR) is 97.1 cm³/mol. The Balaban J connectivity index is 2.22. The lowest BCUT2D eigenvalue weighted by molar-refractivity contribution is -0.385. The van der Waals surface area contributed by atoms with Gasteiger partial charge in [0.05, 0.1) is 37.4 Å². The number of nitro groups is 1. The number of nitrogens with zero attached hydrogens (tertiary/aromatic N) is 2. The summed E-state index contributed by atoms with van der Waals surface area (Å²) in [5.74, 6) is 0.712. The standard InChI is InChI=1S/C16H17N3O7S/c1-24-14-6-4-11(8-13(14)19(20)21)10-17-18-27(22,23)12-5-7-15(25-2)16(9-12)26-3/h4-10,18H,1-3H3/b17-10+. The van der Waals surface area contributed by atoms with Crippen LogP contribution in [-0.2, 0) is 10.0 Å². The highest BCUT2D eigenvalue weighted by atomic mass is 32.2. The molecule has 0 bridgehead atoms. The molecule has 0 heterocycles. The minimum absolute atomic E-state index is 0.0852. The Morgan fingerprint density at radius 2 is 1.63 bits per heavy atom. The molecule has 2 rings (SSSR count). The molecule has 2 aromatic carbocycles. The van der Waals surface area contributed by atoms with E-state index in [-0.39, 0.29) is 22.1 Å². The van der Waals surface area contributed by atoms with Crippen molar-refractivity contribution in [2.24, 2.45) is 5.10 Å². The van der Waals surface area contributed by atoms with Crippen molar-refractivity contribution in [3.8, 4) is 17.2 Å². The first-order valence-corrected chi connectivity index (χ1v) is 8.90. The van der Waals surface area contributed by atoms with Crippen molar-refractivity contribution < 1.29 is 27.6 Å². The van der Waals surface area contributed by atoms with Gasteiger partial charge in [0.2, 0.25) is 0 Å². The number of hydrogen-bond donors (Lipinski definition) is 1. The van der Waals surface area contributed by atoms with Crippen molar-refractivity contribution in [3.05, 3.63) is 52.1 Å². The lowest BCUT2D eigenvalue weighted by Crippen LogP contribution is -2.18. The monoisotopic (exact) mass is 395 g/mol. The van der Waals surface area contributed by atoms with E-state index < -0.39 is 14.9 Å². The van der Waals surface area contributed by atoms with Crippen LogP contribution in [0.3, 0.4) is 0 Å². The molecule has 27 heavy (non-hydrogen) atoms. The lowest BCUT2D eigenvalue weighted by Gasteiger charge is -2.09. The van der Waals surface area contributed by atoms with Gasteiger partial charge in [-0.25, -0.2) is 4.83 Å². The number of rotatable bonds is 8. The summed E-state index contributed by atoms with van der Waals surface area (Å²) in [5.41, 5.74) is 0.0571. The third kappa shape index (κ3) is 4.64. The first-order chi connectivity index (χ1) is 12.8. The number of hydrogen-bond acceptors (Lipinski definition) is 8. The average Bonchev–Trinajstić information content (AvgIpc) is 2.67. The Labute approximate surface area is 155 Å². The second kappa shape index (κ2) is 8.36. The van der Waals surface area contributed by atoms with E-state index in [0.717, 1.165) is 6.21 Å². The molecule has 0 atom stereocenters. The Kier molecular flexibility index (Phi) is 6.19. The van der Waals surface area contributed by atoms with Gasteiger partial charge in [0, 0.05) is 17.7 Å². The third-order valence-corrected chi connectivity index (χ3v) is 4.67. The molecule has 2 aromatic rings. The Bertz CT molecular complexity index is 974. The first kappa shape index (κ1) is 20.0. The normalized spacial score (nSPS) is 11.2. The molecular formula is C16H17N3O7S. The summed E-state index contributed by atoms with van der Waals surface area (Å²) in [5, 5.41) is 14.7. The van der Waals surface area contributed by atoms with Crippen LogP contribution in [-0.4, -0.2) is 40.9 Å². The number of nitro benzene ring substituents is 1.